The van der Waals surface area contributed by atoms with Crippen molar-refractivity contribution >= 4 is 43.8 Å². The second kappa shape index (κ2) is 12.4. The number of benzene rings is 3. The Labute approximate surface area is 266 Å². The average molecular weight is 665 g/mol. The number of halogens is 3. The summed E-state index contributed by atoms with van der Waals surface area (Å²) in [5, 5.41) is 2.89. The number of carbonyl (C=O) groups is 1. The van der Waals surface area contributed by atoms with Crippen molar-refractivity contribution in [2.24, 2.45) is 0 Å². The Morgan fingerprint density at radius 3 is 2.40 bits per heavy atom. The molecule has 14 heteroatoms. The van der Waals surface area contributed by atoms with Crippen LogP contribution in [-0.4, -0.2) is 57.7 Å². The number of hydrogen-bond donors (Lipinski definition) is 1. The van der Waals surface area contributed by atoms with Gasteiger partial charge in [0.1, 0.15) is 22.9 Å². The molecule has 1 N–H and O–H groups in total. The molecule has 0 saturated carbocycles. The Balaban J connectivity index is 1.65. The van der Waals surface area contributed by atoms with Crippen molar-refractivity contribution in [3.8, 4) is 39.7 Å². The standard InChI is InChI=1S/C33H27F3N4O6S/c1-37-32(41)29-22-16-21(19-8-11-25(44-2)23(15-19)33-39-31-26(46-33)5-4-13-38-31)24(40(47(3,42)43)14-12-28(35)36)17-27(22)45-30(29)18-6-9-20(34)10-7-18/h4-11,13,15-17,28H,12,14H2,1-3H3,(H,37,41). The maximum Gasteiger partial charge on any atom is 0.255 e. The van der Waals surface area contributed by atoms with E-state index in [1.54, 1.807) is 42.6 Å². The van der Waals surface area contributed by atoms with Crippen molar-refractivity contribution in [3.63, 3.8) is 0 Å². The molecule has 3 heterocycles. The van der Waals surface area contributed by atoms with E-state index in [9.17, 15) is 26.4 Å². The van der Waals surface area contributed by atoms with E-state index in [1.165, 1.54) is 44.5 Å². The molecular formula is C33H27F3N4O6S. The third-order valence-electron chi connectivity index (χ3n) is 7.49. The normalized spacial score (nSPS) is 11.8. The summed E-state index contributed by atoms with van der Waals surface area (Å²) in [4.78, 5) is 22.0. The summed E-state index contributed by atoms with van der Waals surface area (Å²) in [6, 6.07) is 16.6. The molecule has 6 rings (SSSR count). The van der Waals surface area contributed by atoms with Gasteiger partial charge in [-0.05, 0) is 60.2 Å². The molecule has 3 aromatic heterocycles. The number of fused-ring (bicyclic) bond motifs is 2. The number of pyridine rings is 1. The number of carbonyl (C=O) groups excluding carboxylic acids is 1. The van der Waals surface area contributed by atoms with Gasteiger partial charge in [-0.2, -0.15) is 4.98 Å². The molecule has 1 amide bonds. The topological polar surface area (TPSA) is 128 Å². The number of amides is 1. The Kier molecular flexibility index (Phi) is 8.36. The van der Waals surface area contributed by atoms with Crippen molar-refractivity contribution in [3.05, 3.63) is 84.3 Å². The summed E-state index contributed by atoms with van der Waals surface area (Å²) in [5.41, 5.74) is 2.50. The van der Waals surface area contributed by atoms with E-state index in [0.717, 1.165) is 10.6 Å². The molecule has 6 aromatic rings. The van der Waals surface area contributed by atoms with E-state index in [2.05, 4.69) is 15.3 Å². The second-order valence-corrected chi connectivity index (χ2v) is 12.4. The zero-order valence-electron chi connectivity index (χ0n) is 25.3. The number of oxazole rings is 1. The van der Waals surface area contributed by atoms with Crippen molar-refractivity contribution in [2.45, 2.75) is 12.8 Å². The molecule has 0 saturated heterocycles. The summed E-state index contributed by atoms with van der Waals surface area (Å²) in [6.45, 7) is -0.539. The number of hydrogen-bond acceptors (Lipinski definition) is 8. The molecule has 0 fully saturated rings. The van der Waals surface area contributed by atoms with Crippen LogP contribution in [0.4, 0.5) is 18.9 Å². The van der Waals surface area contributed by atoms with Crippen LogP contribution in [0.5, 0.6) is 5.75 Å². The van der Waals surface area contributed by atoms with Crippen LogP contribution in [0.25, 0.3) is 56.1 Å². The third-order valence-corrected chi connectivity index (χ3v) is 8.67. The second-order valence-electron chi connectivity index (χ2n) is 10.5. The third kappa shape index (κ3) is 6.11. The van der Waals surface area contributed by atoms with E-state index >= 15 is 0 Å². The highest BCUT2D eigenvalue weighted by molar-refractivity contribution is 7.92. The lowest BCUT2D eigenvalue weighted by molar-refractivity contribution is 0.0964. The Morgan fingerprint density at radius 1 is 1.00 bits per heavy atom. The Bertz CT molecular complexity index is 2200. The zero-order chi connectivity index (χ0) is 33.5. The Morgan fingerprint density at radius 2 is 1.74 bits per heavy atom. The zero-order valence-corrected chi connectivity index (χ0v) is 26.1. The summed E-state index contributed by atoms with van der Waals surface area (Å²) in [7, 11) is -1.21. The van der Waals surface area contributed by atoms with Crippen LogP contribution in [-0.2, 0) is 10.0 Å². The summed E-state index contributed by atoms with van der Waals surface area (Å²) in [5.74, 6) is -0.354. The van der Waals surface area contributed by atoms with E-state index in [4.69, 9.17) is 13.6 Å². The first-order valence-corrected chi connectivity index (χ1v) is 16.1. The fourth-order valence-electron chi connectivity index (χ4n) is 5.33. The number of sulfonamides is 1. The van der Waals surface area contributed by atoms with Gasteiger partial charge >= 0.3 is 0 Å². The van der Waals surface area contributed by atoms with Gasteiger partial charge in [0.25, 0.3) is 5.91 Å². The van der Waals surface area contributed by atoms with Gasteiger partial charge < -0.3 is 18.9 Å². The number of anilines is 1. The van der Waals surface area contributed by atoms with E-state index in [-0.39, 0.29) is 34.0 Å². The monoisotopic (exact) mass is 664 g/mol. The number of rotatable bonds is 10. The van der Waals surface area contributed by atoms with Crippen LogP contribution in [0.3, 0.4) is 0 Å². The minimum atomic E-state index is -4.11. The maximum atomic E-state index is 13.8. The van der Waals surface area contributed by atoms with E-state index in [1.807, 2.05) is 0 Å². The lowest BCUT2D eigenvalue weighted by Crippen LogP contribution is -2.32. The average Bonchev–Trinajstić information content (AvgIpc) is 3.65. The number of nitrogens with zero attached hydrogens (tertiary/aromatic N) is 3. The number of furan rings is 1. The predicted molar refractivity (Wildman–Crippen MR) is 171 cm³/mol. The van der Waals surface area contributed by atoms with Gasteiger partial charge in [-0.3, -0.25) is 9.10 Å². The van der Waals surface area contributed by atoms with Gasteiger partial charge in [-0.1, -0.05) is 6.07 Å². The van der Waals surface area contributed by atoms with Gasteiger partial charge in [-0.15, -0.1) is 0 Å². The molecule has 0 aliphatic heterocycles. The fourth-order valence-corrected chi connectivity index (χ4v) is 6.28. The highest BCUT2D eigenvalue weighted by Gasteiger charge is 2.28. The SMILES string of the molecule is CNC(=O)c1c(-c2ccc(F)cc2)oc2cc(N(CCC(F)F)S(C)(=O)=O)c(-c3ccc(OC)c(-c4nc5ncccc5o4)c3)cc12. The predicted octanol–water partition coefficient (Wildman–Crippen LogP) is 6.90. The molecular weight excluding hydrogens is 637 g/mol. The van der Waals surface area contributed by atoms with E-state index in [0.29, 0.717) is 39.1 Å². The van der Waals surface area contributed by atoms with Gasteiger partial charge in [0.05, 0.1) is 30.2 Å². The first kappa shape index (κ1) is 31.6. The number of nitrogens with one attached hydrogen (secondary N) is 1. The molecule has 47 heavy (non-hydrogen) atoms. The minimum absolute atomic E-state index is 0.0267. The van der Waals surface area contributed by atoms with Crippen LogP contribution in [0.2, 0.25) is 0 Å². The molecule has 10 nitrogen and oxygen atoms in total. The molecule has 0 aliphatic rings. The van der Waals surface area contributed by atoms with Crippen molar-refractivity contribution < 1.29 is 40.0 Å². The molecule has 3 aromatic carbocycles. The first-order chi connectivity index (χ1) is 22.5. The molecule has 0 radical (unpaired) electrons. The number of aromatic nitrogens is 2. The fraction of sp³-hybridized carbons (Fsp3) is 0.182. The smallest absolute Gasteiger partial charge is 0.255 e. The molecule has 0 aliphatic carbocycles. The van der Waals surface area contributed by atoms with Crippen molar-refractivity contribution in [1.82, 2.24) is 15.3 Å². The first-order valence-electron chi connectivity index (χ1n) is 14.2. The van der Waals surface area contributed by atoms with Gasteiger partial charge in [0.15, 0.2) is 11.2 Å². The largest absolute Gasteiger partial charge is 0.496 e. The van der Waals surface area contributed by atoms with Crippen LogP contribution in [0.15, 0.2) is 81.8 Å². The highest BCUT2D eigenvalue weighted by Crippen LogP contribution is 2.44. The summed E-state index contributed by atoms with van der Waals surface area (Å²) >= 11 is 0. The maximum absolute atomic E-state index is 13.8. The summed E-state index contributed by atoms with van der Waals surface area (Å²) in [6.07, 6.45) is -1.03. The lowest BCUT2D eigenvalue weighted by atomic mass is 9.96. The van der Waals surface area contributed by atoms with Gasteiger partial charge in [0.2, 0.25) is 22.3 Å². The van der Waals surface area contributed by atoms with Crippen LogP contribution >= 0.6 is 0 Å². The minimum Gasteiger partial charge on any atom is -0.496 e. The molecule has 242 valence electrons. The summed E-state index contributed by atoms with van der Waals surface area (Å²) < 4.78 is 85.4. The number of methoxy groups -OCH3 is 1. The van der Waals surface area contributed by atoms with Gasteiger partial charge in [-0.25, -0.2) is 26.6 Å². The molecule has 0 unspecified atom stereocenters. The Hall–Kier alpha value is -5.37. The quantitative estimate of drug-likeness (QED) is 0.168. The van der Waals surface area contributed by atoms with Crippen molar-refractivity contribution in [2.75, 3.05) is 31.3 Å². The molecule has 0 spiro atoms. The molecule has 0 atom stereocenters. The van der Waals surface area contributed by atoms with Crippen LogP contribution in [0.1, 0.15) is 16.8 Å². The highest BCUT2D eigenvalue weighted by atomic mass is 32.2. The van der Waals surface area contributed by atoms with Crippen LogP contribution < -0.4 is 14.4 Å². The van der Waals surface area contributed by atoms with E-state index < -0.39 is 41.1 Å². The number of ether oxygens (including phenoxy) is 1. The van der Waals surface area contributed by atoms with Gasteiger partial charge in [0, 0.05) is 48.8 Å². The molecule has 0 bridgehead atoms. The number of alkyl halides is 2. The lowest BCUT2D eigenvalue weighted by Gasteiger charge is -2.25. The van der Waals surface area contributed by atoms with Crippen LogP contribution in [0, 0.1) is 5.82 Å². The van der Waals surface area contributed by atoms with Crippen molar-refractivity contribution in [1.29, 1.82) is 0 Å².